The Hall–Kier alpha value is -2.00. The minimum absolute atomic E-state index is 0.0842. The van der Waals surface area contributed by atoms with E-state index in [0.29, 0.717) is 16.7 Å². The van der Waals surface area contributed by atoms with Gasteiger partial charge in [-0.1, -0.05) is 24.3 Å². The number of hydrogen-bond acceptors (Lipinski definition) is 2. The summed E-state index contributed by atoms with van der Waals surface area (Å²) in [5.41, 5.74) is 2.73. The highest BCUT2D eigenvalue weighted by molar-refractivity contribution is 6.09. The molecule has 2 aromatic rings. The van der Waals surface area contributed by atoms with Crippen LogP contribution in [0.1, 0.15) is 27.0 Å². The summed E-state index contributed by atoms with van der Waals surface area (Å²) in [5.74, 6) is -0.375. The maximum Gasteiger partial charge on any atom is 0.193 e. The topological polar surface area (TPSA) is 29.1 Å². The zero-order chi connectivity index (χ0) is 13.8. The molecule has 0 unspecified atom stereocenters. The first-order valence-corrected chi connectivity index (χ1v) is 6.16. The Morgan fingerprint density at radius 3 is 2.32 bits per heavy atom. The first-order chi connectivity index (χ1) is 9.11. The van der Waals surface area contributed by atoms with Crippen LogP contribution in [0, 0.1) is 12.7 Å². The number of halogens is 1. The van der Waals surface area contributed by atoms with Gasteiger partial charge in [0.15, 0.2) is 5.78 Å². The van der Waals surface area contributed by atoms with E-state index in [1.54, 1.807) is 25.1 Å². The Morgan fingerprint density at radius 2 is 1.74 bits per heavy atom. The van der Waals surface area contributed by atoms with Gasteiger partial charge in [-0.25, -0.2) is 4.39 Å². The molecule has 0 fully saturated rings. The van der Waals surface area contributed by atoms with Crippen LogP contribution in [-0.4, -0.2) is 12.8 Å². The van der Waals surface area contributed by atoms with Crippen molar-refractivity contribution in [2.24, 2.45) is 0 Å². The van der Waals surface area contributed by atoms with Crippen molar-refractivity contribution >= 4 is 5.78 Å². The molecule has 0 radical (unpaired) electrons. The molecular formula is C16H16FNO. The van der Waals surface area contributed by atoms with Crippen LogP contribution in [0.3, 0.4) is 0 Å². The summed E-state index contributed by atoms with van der Waals surface area (Å²) < 4.78 is 13.2. The third kappa shape index (κ3) is 3.06. The Balaban J connectivity index is 2.25. The Kier molecular flexibility index (Phi) is 4.07. The molecule has 0 heterocycles. The molecule has 0 aliphatic rings. The van der Waals surface area contributed by atoms with Crippen LogP contribution in [-0.2, 0) is 6.54 Å². The predicted octanol–water partition coefficient (Wildman–Crippen LogP) is 3.08. The lowest BCUT2D eigenvalue weighted by Gasteiger charge is -2.05. The molecule has 3 heteroatoms. The van der Waals surface area contributed by atoms with Gasteiger partial charge in [-0.15, -0.1) is 0 Å². The summed E-state index contributed by atoms with van der Waals surface area (Å²) in [6, 6.07) is 11.9. The summed E-state index contributed by atoms with van der Waals surface area (Å²) in [6.45, 7) is 2.42. The second-order valence-corrected chi connectivity index (χ2v) is 4.52. The quantitative estimate of drug-likeness (QED) is 0.853. The van der Waals surface area contributed by atoms with Crippen molar-refractivity contribution in [1.82, 2.24) is 5.32 Å². The lowest BCUT2D eigenvalue weighted by molar-refractivity contribution is 0.103. The minimum Gasteiger partial charge on any atom is -0.316 e. The summed E-state index contributed by atoms with van der Waals surface area (Å²) >= 11 is 0. The maximum atomic E-state index is 13.2. The zero-order valence-corrected chi connectivity index (χ0v) is 11.0. The van der Waals surface area contributed by atoms with E-state index in [9.17, 15) is 9.18 Å². The molecule has 19 heavy (non-hydrogen) atoms. The molecule has 0 aliphatic heterocycles. The number of carbonyl (C=O) groups is 1. The van der Waals surface area contributed by atoms with Crippen molar-refractivity contribution in [2.75, 3.05) is 7.05 Å². The van der Waals surface area contributed by atoms with E-state index < -0.39 is 0 Å². The molecule has 0 atom stereocenters. The Bertz CT molecular complexity index is 590. The molecule has 2 nitrogen and oxygen atoms in total. The van der Waals surface area contributed by atoms with Gasteiger partial charge in [0.05, 0.1) is 0 Å². The van der Waals surface area contributed by atoms with Crippen LogP contribution in [0.25, 0.3) is 0 Å². The maximum absolute atomic E-state index is 13.2. The van der Waals surface area contributed by atoms with Crippen LogP contribution in [0.5, 0.6) is 0 Å². The first-order valence-electron chi connectivity index (χ1n) is 6.16. The van der Waals surface area contributed by atoms with Gasteiger partial charge in [0.2, 0.25) is 0 Å². The van der Waals surface area contributed by atoms with Crippen LogP contribution in [0.2, 0.25) is 0 Å². The van der Waals surface area contributed by atoms with Gasteiger partial charge in [0, 0.05) is 17.7 Å². The highest BCUT2D eigenvalue weighted by Gasteiger charge is 2.10. The Labute approximate surface area is 112 Å². The lowest BCUT2D eigenvalue weighted by Crippen LogP contribution is -2.06. The zero-order valence-electron chi connectivity index (χ0n) is 11.0. The lowest BCUT2D eigenvalue weighted by atomic mass is 10.0. The van der Waals surface area contributed by atoms with Crippen molar-refractivity contribution in [1.29, 1.82) is 0 Å². The average Bonchev–Trinajstić information content (AvgIpc) is 2.42. The highest BCUT2D eigenvalue weighted by atomic mass is 19.1. The van der Waals surface area contributed by atoms with Crippen molar-refractivity contribution in [3.63, 3.8) is 0 Å². The second-order valence-electron chi connectivity index (χ2n) is 4.52. The van der Waals surface area contributed by atoms with E-state index in [1.807, 2.05) is 19.2 Å². The average molecular weight is 257 g/mol. The van der Waals surface area contributed by atoms with Crippen LogP contribution in [0.15, 0.2) is 42.5 Å². The van der Waals surface area contributed by atoms with Gasteiger partial charge in [-0.05, 0) is 43.3 Å². The molecule has 0 bridgehead atoms. The van der Waals surface area contributed by atoms with Crippen molar-refractivity contribution in [3.05, 3.63) is 70.5 Å². The number of hydrogen-bond donors (Lipinski definition) is 1. The largest absolute Gasteiger partial charge is 0.316 e. The third-order valence-corrected chi connectivity index (χ3v) is 3.02. The normalized spacial score (nSPS) is 10.5. The molecule has 98 valence electrons. The fourth-order valence-corrected chi connectivity index (χ4v) is 1.93. The summed E-state index contributed by atoms with van der Waals surface area (Å²) in [6.07, 6.45) is 0. The van der Waals surface area contributed by atoms with Gasteiger partial charge >= 0.3 is 0 Å². The number of aryl methyl sites for hydroxylation is 1. The number of carbonyl (C=O) groups excluding carboxylic acids is 1. The van der Waals surface area contributed by atoms with Gasteiger partial charge in [-0.3, -0.25) is 4.79 Å². The van der Waals surface area contributed by atoms with E-state index in [2.05, 4.69) is 5.32 Å². The summed E-state index contributed by atoms with van der Waals surface area (Å²) in [7, 11) is 1.88. The number of nitrogens with one attached hydrogen (secondary N) is 1. The molecule has 0 aliphatic carbocycles. The number of ketones is 1. The monoisotopic (exact) mass is 257 g/mol. The fraction of sp³-hybridized carbons (Fsp3) is 0.188. The smallest absolute Gasteiger partial charge is 0.193 e. The van der Waals surface area contributed by atoms with Crippen molar-refractivity contribution in [2.45, 2.75) is 13.5 Å². The number of benzene rings is 2. The van der Waals surface area contributed by atoms with E-state index in [-0.39, 0.29) is 11.6 Å². The van der Waals surface area contributed by atoms with Gasteiger partial charge < -0.3 is 5.32 Å². The SMILES string of the molecule is CNCc1ccc(C(=O)c2ccc(F)c(C)c2)cc1. The first kappa shape index (κ1) is 13.4. The molecule has 0 aromatic heterocycles. The van der Waals surface area contributed by atoms with E-state index in [0.717, 1.165) is 12.1 Å². The molecule has 0 saturated heterocycles. The summed E-state index contributed by atoms with van der Waals surface area (Å²) in [5, 5.41) is 3.05. The van der Waals surface area contributed by atoms with Gasteiger partial charge in [0.1, 0.15) is 5.82 Å². The van der Waals surface area contributed by atoms with Gasteiger partial charge in [-0.2, -0.15) is 0 Å². The van der Waals surface area contributed by atoms with Crippen LogP contribution >= 0.6 is 0 Å². The second kappa shape index (κ2) is 5.76. The Morgan fingerprint density at radius 1 is 1.11 bits per heavy atom. The molecule has 2 rings (SSSR count). The molecule has 2 aromatic carbocycles. The molecular weight excluding hydrogens is 241 g/mol. The molecule has 1 N–H and O–H groups in total. The summed E-state index contributed by atoms with van der Waals surface area (Å²) in [4.78, 5) is 12.2. The highest BCUT2D eigenvalue weighted by Crippen LogP contribution is 2.14. The minimum atomic E-state index is -0.291. The standard InChI is InChI=1S/C16H16FNO/c1-11-9-14(7-8-15(11)17)16(19)13-5-3-12(4-6-13)10-18-2/h3-9,18H,10H2,1-2H3. The third-order valence-electron chi connectivity index (χ3n) is 3.02. The van der Waals surface area contributed by atoms with Crippen LogP contribution < -0.4 is 5.32 Å². The van der Waals surface area contributed by atoms with E-state index >= 15 is 0 Å². The number of rotatable bonds is 4. The predicted molar refractivity (Wildman–Crippen MR) is 73.8 cm³/mol. The van der Waals surface area contributed by atoms with Gasteiger partial charge in [0.25, 0.3) is 0 Å². The van der Waals surface area contributed by atoms with Crippen molar-refractivity contribution < 1.29 is 9.18 Å². The molecule has 0 spiro atoms. The molecule has 0 saturated carbocycles. The van der Waals surface area contributed by atoms with Crippen molar-refractivity contribution in [3.8, 4) is 0 Å². The van der Waals surface area contributed by atoms with E-state index in [4.69, 9.17) is 0 Å². The van der Waals surface area contributed by atoms with Crippen LogP contribution in [0.4, 0.5) is 4.39 Å². The molecule has 0 amide bonds. The van der Waals surface area contributed by atoms with E-state index in [1.165, 1.54) is 12.1 Å². The fourth-order valence-electron chi connectivity index (χ4n) is 1.93.